The standard InChI is InChI=1S/C25H28FN3O3/c1-17(30)27-12-8-21-18(14-27)15-29(20-6-4-19(26)5-7-20)24(32)22(21)23(31)28-13-11-25(16-28)9-2-3-10-25/h4-7,15H,2-3,8-14,16H2,1H3. The summed E-state index contributed by atoms with van der Waals surface area (Å²) < 4.78 is 14.9. The van der Waals surface area contributed by atoms with Gasteiger partial charge in [-0.05, 0) is 66.5 Å². The number of pyridine rings is 1. The Bertz CT molecular complexity index is 1130. The van der Waals surface area contributed by atoms with E-state index in [1.165, 1.54) is 48.6 Å². The minimum atomic E-state index is -0.391. The lowest BCUT2D eigenvalue weighted by atomic mass is 9.86. The molecule has 1 aromatic carbocycles. The summed E-state index contributed by atoms with van der Waals surface area (Å²) in [6.07, 6.45) is 7.90. The fourth-order valence-electron chi connectivity index (χ4n) is 5.74. The van der Waals surface area contributed by atoms with Gasteiger partial charge in [0.15, 0.2) is 0 Å². The van der Waals surface area contributed by atoms with Crippen LogP contribution in [0.1, 0.15) is 60.5 Å². The van der Waals surface area contributed by atoms with E-state index in [4.69, 9.17) is 0 Å². The Hall–Kier alpha value is -2.96. The first-order chi connectivity index (χ1) is 15.4. The number of carbonyl (C=O) groups is 2. The third kappa shape index (κ3) is 3.53. The van der Waals surface area contributed by atoms with Crippen molar-refractivity contribution in [3.05, 3.63) is 63.3 Å². The minimum Gasteiger partial charge on any atom is -0.338 e. The normalized spacial score (nSPS) is 19.4. The highest BCUT2D eigenvalue weighted by Crippen LogP contribution is 2.45. The second kappa shape index (κ2) is 7.87. The summed E-state index contributed by atoms with van der Waals surface area (Å²) in [6.45, 7) is 3.77. The molecule has 168 valence electrons. The van der Waals surface area contributed by atoms with Crippen molar-refractivity contribution in [2.24, 2.45) is 5.41 Å². The van der Waals surface area contributed by atoms with E-state index in [9.17, 15) is 18.8 Å². The van der Waals surface area contributed by atoms with E-state index in [0.717, 1.165) is 30.4 Å². The molecule has 0 radical (unpaired) electrons. The number of hydrogen-bond donors (Lipinski definition) is 0. The number of likely N-dealkylation sites (tertiary alicyclic amines) is 1. The molecule has 1 aromatic heterocycles. The van der Waals surface area contributed by atoms with E-state index in [2.05, 4.69) is 0 Å². The molecule has 0 N–H and O–H groups in total. The smallest absolute Gasteiger partial charge is 0.268 e. The number of rotatable bonds is 2. The maximum Gasteiger partial charge on any atom is 0.268 e. The van der Waals surface area contributed by atoms with Gasteiger partial charge in [-0.1, -0.05) is 12.8 Å². The van der Waals surface area contributed by atoms with Crippen LogP contribution in [0.4, 0.5) is 4.39 Å². The second-order valence-corrected chi connectivity index (χ2v) is 9.53. The molecule has 0 unspecified atom stereocenters. The lowest BCUT2D eigenvalue weighted by Crippen LogP contribution is -2.41. The Morgan fingerprint density at radius 3 is 2.41 bits per heavy atom. The predicted octanol–water partition coefficient (Wildman–Crippen LogP) is 3.29. The summed E-state index contributed by atoms with van der Waals surface area (Å²) in [5, 5.41) is 0. The first-order valence-corrected chi connectivity index (χ1v) is 11.5. The number of halogens is 1. The number of hydrogen-bond acceptors (Lipinski definition) is 3. The van der Waals surface area contributed by atoms with Crippen molar-refractivity contribution >= 4 is 11.8 Å². The molecule has 3 aliphatic rings. The van der Waals surface area contributed by atoms with Crippen molar-refractivity contribution in [1.29, 1.82) is 0 Å². The Balaban J connectivity index is 1.59. The highest BCUT2D eigenvalue weighted by Gasteiger charge is 2.43. The highest BCUT2D eigenvalue weighted by molar-refractivity contribution is 5.96. The molecule has 1 saturated carbocycles. The maximum atomic E-state index is 13.7. The number of carbonyl (C=O) groups excluding carboxylic acids is 2. The molecule has 32 heavy (non-hydrogen) atoms. The summed E-state index contributed by atoms with van der Waals surface area (Å²) in [6, 6.07) is 5.67. The maximum absolute atomic E-state index is 13.7. The Kier molecular flexibility index (Phi) is 5.14. The quantitative estimate of drug-likeness (QED) is 0.724. The summed E-state index contributed by atoms with van der Waals surface area (Å²) >= 11 is 0. The molecule has 2 amide bonds. The van der Waals surface area contributed by atoms with Gasteiger partial charge in [0.1, 0.15) is 11.4 Å². The number of benzene rings is 1. The molecule has 1 saturated heterocycles. The van der Waals surface area contributed by atoms with Crippen LogP contribution in [-0.2, 0) is 17.8 Å². The van der Waals surface area contributed by atoms with E-state index in [1.54, 1.807) is 11.1 Å². The zero-order chi connectivity index (χ0) is 22.5. The van der Waals surface area contributed by atoms with Crippen molar-refractivity contribution in [1.82, 2.24) is 14.4 Å². The topological polar surface area (TPSA) is 62.6 Å². The van der Waals surface area contributed by atoms with Crippen LogP contribution in [-0.4, -0.2) is 45.8 Å². The fourth-order valence-corrected chi connectivity index (χ4v) is 5.74. The van der Waals surface area contributed by atoms with E-state index in [1.807, 2.05) is 4.90 Å². The fraction of sp³-hybridized carbons (Fsp3) is 0.480. The molecular weight excluding hydrogens is 409 g/mol. The van der Waals surface area contributed by atoms with Crippen LogP contribution >= 0.6 is 0 Å². The van der Waals surface area contributed by atoms with Crippen molar-refractivity contribution in [2.45, 2.75) is 52.0 Å². The van der Waals surface area contributed by atoms with Crippen LogP contribution in [0.15, 0.2) is 35.3 Å². The first-order valence-electron chi connectivity index (χ1n) is 11.5. The zero-order valence-electron chi connectivity index (χ0n) is 18.4. The van der Waals surface area contributed by atoms with E-state index in [0.29, 0.717) is 38.3 Å². The van der Waals surface area contributed by atoms with Gasteiger partial charge >= 0.3 is 0 Å². The third-order valence-corrected chi connectivity index (χ3v) is 7.55. The molecule has 3 heterocycles. The Morgan fingerprint density at radius 1 is 1.00 bits per heavy atom. The molecule has 2 aromatic rings. The lowest BCUT2D eigenvalue weighted by molar-refractivity contribution is -0.129. The molecule has 5 rings (SSSR count). The summed E-state index contributed by atoms with van der Waals surface area (Å²) in [4.78, 5) is 42.9. The number of amides is 2. The molecule has 0 atom stereocenters. The Morgan fingerprint density at radius 2 is 1.72 bits per heavy atom. The first kappa shape index (κ1) is 20.9. The van der Waals surface area contributed by atoms with Crippen LogP contribution in [0.2, 0.25) is 0 Å². The van der Waals surface area contributed by atoms with Crippen LogP contribution in [0.25, 0.3) is 5.69 Å². The van der Waals surface area contributed by atoms with Crippen molar-refractivity contribution in [3.8, 4) is 5.69 Å². The van der Waals surface area contributed by atoms with Gasteiger partial charge in [0.25, 0.3) is 11.5 Å². The predicted molar refractivity (Wildman–Crippen MR) is 118 cm³/mol. The van der Waals surface area contributed by atoms with Gasteiger partial charge in [-0.25, -0.2) is 4.39 Å². The summed E-state index contributed by atoms with van der Waals surface area (Å²) in [5.41, 5.74) is 2.11. The van der Waals surface area contributed by atoms with Crippen molar-refractivity contribution < 1.29 is 14.0 Å². The van der Waals surface area contributed by atoms with Gasteiger partial charge in [0.2, 0.25) is 5.91 Å². The third-order valence-electron chi connectivity index (χ3n) is 7.55. The second-order valence-electron chi connectivity index (χ2n) is 9.53. The molecule has 2 aliphatic heterocycles. The van der Waals surface area contributed by atoms with Crippen molar-refractivity contribution in [2.75, 3.05) is 19.6 Å². The summed E-state index contributed by atoms with van der Waals surface area (Å²) in [5.74, 6) is -0.633. The molecule has 7 heteroatoms. The average Bonchev–Trinajstić information content (AvgIpc) is 3.43. The van der Waals surface area contributed by atoms with Gasteiger partial charge in [0, 0.05) is 45.0 Å². The zero-order valence-corrected chi connectivity index (χ0v) is 18.4. The molecule has 1 spiro atoms. The number of fused-ring (bicyclic) bond motifs is 1. The lowest BCUT2D eigenvalue weighted by Gasteiger charge is -2.30. The molecule has 1 aliphatic carbocycles. The van der Waals surface area contributed by atoms with E-state index >= 15 is 0 Å². The number of nitrogens with zero attached hydrogens (tertiary/aromatic N) is 3. The van der Waals surface area contributed by atoms with E-state index < -0.39 is 5.82 Å². The minimum absolute atomic E-state index is 0.0363. The number of aromatic nitrogens is 1. The van der Waals surface area contributed by atoms with Crippen LogP contribution in [0.5, 0.6) is 0 Å². The largest absolute Gasteiger partial charge is 0.338 e. The van der Waals surface area contributed by atoms with Gasteiger partial charge in [0.05, 0.1) is 0 Å². The van der Waals surface area contributed by atoms with Gasteiger partial charge in [-0.3, -0.25) is 19.0 Å². The average molecular weight is 438 g/mol. The molecule has 6 nitrogen and oxygen atoms in total. The Labute approximate surface area is 186 Å². The van der Waals surface area contributed by atoms with Crippen LogP contribution < -0.4 is 5.56 Å². The molecule has 2 fully saturated rings. The van der Waals surface area contributed by atoms with Crippen LogP contribution in [0.3, 0.4) is 0 Å². The van der Waals surface area contributed by atoms with E-state index in [-0.39, 0.29) is 28.4 Å². The monoisotopic (exact) mass is 437 g/mol. The van der Waals surface area contributed by atoms with Crippen LogP contribution in [0, 0.1) is 11.2 Å². The van der Waals surface area contributed by atoms with Gasteiger partial charge in [-0.2, -0.15) is 0 Å². The SMILES string of the molecule is CC(=O)N1CCc2c(cn(-c3ccc(F)cc3)c(=O)c2C(=O)N2CCC3(CCCC3)C2)C1. The molecular formula is C25H28FN3O3. The van der Waals surface area contributed by atoms with Gasteiger partial charge < -0.3 is 9.80 Å². The van der Waals surface area contributed by atoms with Crippen molar-refractivity contribution in [3.63, 3.8) is 0 Å². The summed E-state index contributed by atoms with van der Waals surface area (Å²) in [7, 11) is 0. The van der Waals surface area contributed by atoms with Gasteiger partial charge in [-0.15, -0.1) is 0 Å². The molecule has 0 bridgehead atoms. The highest BCUT2D eigenvalue weighted by atomic mass is 19.1.